The van der Waals surface area contributed by atoms with E-state index in [0.29, 0.717) is 12.1 Å². The summed E-state index contributed by atoms with van der Waals surface area (Å²) in [7, 11) is 0. The topological polar surface area (TPSA) is 29.1 Å². The summed E-state index contributed by atoms with van der Waals surface area (Å²) < 4.78 is 76.7. The Morgan fingerprint density at radius 2 is 1.42 bits per heavy atom. The molecule has 2 aromatic rings. The standard InChI is InChI=1S/C17H13F6NOS/c18-16(19,20)12-6-11(7-13(8-12)17(21,22)23)9-24-15(25)10-26-14-4-2-1-3-5-14/h1-8H,9-10H2,(H,24,25). The zero-order valence-electron chi connectivity index (χ0n) is 13.1. The zero-order chi connectivity index (χ0) is 19.4. The second-order valence-corrected chi connectivity index (χ2v) is 6.34. The second-order valence-electron chi connectivity index (χ2n) is 5.29. The summed E-state index contributed by atoms with van der Waals surface area (Å²) in [4.78, 5) is 12.6. The number of carbonyl (C=O) groups is 1. The highest BCUT2D eigenvalue weighted by Crippen LogP contribution is 2.36. The first kappa shape index (κ1) is 20.2. The van der Waals surface area contributed by atoms with Gasteiger partial charge < -0.3 is 5.32 Å². The molecule has 0 fully saturated rings. The van der Waals surface area contributed by atoms with Gasteiger partial charge in [0, 0.05) is 11.4 Å². The first-order chi connectivity index (χ1) is 12.1. The van der Waals surface area contributed by atoms with Crippen molar-refractivity contribution in [3.8, 4) is 0 Å². The Morgan fingerprint density at radius 1 is 0.885 bits per heavy atom. The fourth-order valence-electron chi connectivity index (χ4n) is 2.04. The van der Waals surface area contributed by atoms with E-state index in [9.17, 15) is 31.1 Å². The van der Waals surface area contributed by atoms with Crippen LogP contribution in [0.1, 0.15) is 16.7 Å². The number of alkyl halides is 6. The van der Waals surface area contributed by atoms with Gasteiger partial charge in [0.25, 0.3) is 0 Å². The summed E-state index contributed by atoms with van der Waals surface area (Å²) in [6.07, 6.45) is -9.83. The van der Waals surface area contributed by atoms with Crippen LogP contribution in [-0.2, 0) is 23.7 Å². The van der Waals surface area contributed by atoms with E-state index >= 15 is 0 Å². The summed E-state index contributed by atoms with van der Waals surface area (Å²) in [5.41, 5.74) is -3.09. The van der Waals surface area contributed by atoms with Gasteiger partial charge in [-0.1, -0.05) is 18.2 Å². The van der Waals surface area contributed by atoms with Gasteiger partial charge in [0.15, 0.2) is 0 Å². The van der Waals surface area contributed by atoms with Crippen molar-refractivity contribution in [1.29, 1.82) is 0 Å². The molecule has 2 aromatic carbocycles. The first-order valence-corrected chi connectivity index (χ1v) is 8.27. The highest BCUT2D eigenvalue weighted by molar-refractivity contribution is 8.00. The molecule has 0 saturated heterocycles. The lowest BCUT2D eigenvalue weighted by molar-refractivity contribution is -0.143. The molecule has 0 aromatic heterocycles. The van der Waals surface area contributed by atoms with E-state index in [1.54, 1.807) is 30.3 Å². The third-order valence-electron chi connectivity index (χ3n) is 3.25. The van der Waals surface area contributed by atoms with Gasteiger partial charge >= 0.3 is 12.4 Å². The molecule has 0 unspecified atom stereocenters. The monoisotopic (exact) mass is 393 g/mol. The molecular weight excluding hydrogens is 380 g/mol. The van der Waals surface area contributed by atoms with Crippen molar-refractivity contribution in [3.63, 3.8) is 0 Å². The van der Waals surface area contributed by atoms with Crippen molar-refractivity contribution in [2.45, 2.75) is 23.8 Å². The van der Waals surface area contributed by atoms with Crippen LogP contribution < -0.4 is 5.32 Å². The molecule has 140 valence electrons. The molecule has 2 rings (SSSR count). The van der Waals surface area contributed by atoms with Gasteiger partial charge in [-0.25, -0.2) is 0 Å². The average molecular weight is 393 g/mol. The average Bonchev–Trinajstić information content (AvgIpc) is 2.57. The molecular formula is C17H13F6NOS. The van der Waals surface area contributed by atoms with Crippen LogP contribution in [0.4, 0.5) is 26.3 Å². The fourth-order valence-corrected chi connectivity index (χ4v) is 2.79. The zero-order valence-corrected chi connectivity index (χ0v) is 13.9. The van der Waals surface area contributed by atoms with Gasteiger partial charge in [-0.2, -0.15) is 26.3 Å². The number of thioether (sulfide) groups is 1. The molecule has 0 aliphatic heterocycles. The predicted molar refractivity (Wildman–Crippen MR) is 85.5 cm³/mol. The van der Waals surface area contributed by atoms with E-state index < -0.39 is 35.9 Å². The molecule has 0 aliphatic rings. The molecule has 26 heavy (non-hydrogen) atoms. The number of amides is 1. The molecule has 2 nitrogen and oxygen atoms in total. The Labute approximate surface area is 149 Å². The number of carbonyl (C=O) groups excluding carboxylic acids is 1. The Balaban J connectivity index is 2.05. The Kier molecular flexibility index (Phi) is 6.22. The third-order valence-corrected chi connectivity index (χ3v) is 4.26. The highest BCUT2D eigenvalue weighted by Gasteiger charge is 2.36. The highest BCUT2D eigenvalue weighted by atomic mass is 32.2. The number of nitrogens with one attached hydrogen (secondary N) is 1. The third kappa shape index (κ3) is 5.98. The summed E-state index contributed by atoms with van der Waals surface area (Å²) in [5, 5.41) is 2.33. The molecule has 9 heteroatoms. The fraction of sp³-hybridized carbons (Fsp3) is 0.235. The van der Waals surface area contributed by atoms with Crippen molar-refractivity contribution < 1.29 is 31.1 Å². The molecule has 0 saturated carbocycles. The molecule has 0 radical (unpaired) electrons. The minimum atomic E-state index is -4.91. The van der Waals surface area contributed by atoms with E-state index in [-0.39, 0.29) is 17.4 Å². The number of rotatable bonds is 5. The maximum atomic E-state index is 12.8. The SMILES string of the molecule is O=C(CSc1ccccc1)NCc1cc(C(F)(F)F)cc(C(F)(F)F)c1. The number of hydrogen-bond acceptors (Lipinski definition) is 2. The van der Waals surface area contributed by atoms with Gasteiger partial charge in [0.05, 0.1) is 16.9 Å². The number of halogens is 6. The van der Waals surface area contributed by atoms with Crippen LogP contribution in [0.3, 0.4) is 0 Å². The second kappa shape index (κ2) is 8.03. The maximum Gasteiger partial charge on any atom is 0.416 e. The van der Waals surface area contributed by atoms with Crippen LogP contribution in [0.15, 0.2) is 53.4 Å². The Bertz CT molecular complexity index is 726. The van der Waals surface area contributed by atoms with Crippen molar-refractivity contribution in [3.05, 3.63) is 65.2 Å². The molecule has 0 heterocycles. The van der Waals surface area contributed by atoms with E-state index in [0.717, 1.165) is 4.90 Å². The Hall–Kier alpha value is -2.16. The van der Waals surface area contributed by atoms with E-state index in [4.69, 9.17) is 0 Å². The van der Waals surface area contributed by atoms with Gasteiger partial charge in [-0.15, -0.1) is 11.8 Å². The Morgan fingerprint density at radius 3 is 1.92 bits per heavy atom. The molecule has 1 N–H and O–H groups in total. The summed E-state index contributed by atoms with van der Waals surface area (Å²) >= 11 is 1.21. The predicted octanol–water partition coefficient (Wildman–Crippen LogP) is 5.13. The van der Waals surface area contributed by atoms with Crippen LogP contribution in [0.25, 0.3) is 0 Å². The smallest absolute Gasteiger partial charge is 0.351 e. The lowest BCUT2D eigenvalue weighted by Crippen LogP contribution is -2.25. The van der Waals surface area contributed by atoms with Crippen molar-refractivity contribution >= 4 is 17.7 Å². The van der Waals surface area contributed by atoms with Gasteiger partial charge in [0.2, 0.25) is 5.91 Å². The van der Waals surface area contributed by atoms with Crippen molar-refractivity contribution in [1.82, 2.24) is 5.32 Å². The van der Waals surface area contributed by atoms with Crippen molar-refractivity contribution in [2.75, 3.05) is 5.75 Å². The van der Waals surface area contributed by atoms with Crippen LogP contribution in [0, 0.1) is 0 Å². The normalized spacial score (nSPS) is 12.1. The molecule has 1 amide bonds. The number of benzene rings is 2. The van der Waals surface area contributed by atoms with Gasteiger partial charge in [-0.3, -0.25) is 4.79 Å². The van der Waals surface area contributed by atoms with Gasteiger partial charge in [-0.05, 0) is 35.9 Å². The molecule has 0 aliphatic carbocycles. The lowest BCUT2D eigenvalue weighted by atomic mass is 10.0. The first-order valence-electron chi connectivity index (χ1n) is 7.28. The van der Waals surface area contributed by atoms with E-state index in [2.05, 4.69) is 5.32 Å². The summed E-state index contributed by atoms with van der Waals surface area (Å²) in [6, 6.07) is 10.2. The summed E-state index contributed by atoms with van der Waals surface area (Å²) in [5.74, 6) is -0.500. The molecule has 0 atom stereocenters. The quantitative estimate of drug-likeness (QED) is 0.564. The minimum absolute atomic E-state index is 0.00486. The molecule has 0 spiro atoms. The van der Waals surface area contributed by atoms with Crippen LogP contribution in [-0.4, -0.2) is 11.7 Å². The largest absolute Gasteiger partial charge is 0.416 e. The number of hydrogen-bond donors (Lipinski definition) is 1. The van der Waals surface area contributed by atoms with Gasteiger partial charge in [0.1, 0.15) is 0 Å². The summed E-state index contributed by atoms with van der Waals surface area (Å²) in [6.45, 7) is -0.429. The minimum Gasteiger partial charge on any atom is -0.351 e. The molecule has 0 bridgehead atoms. The van der Waals surface area contributed by atoms with E-state index in [1.807, 2.05) is 0 Å². The van der Waals surface area contributed by atoms with Crippen LogP contribution in [0.5, 0.6) is 0 Å². The maximum absolute atomic E-state index is 12.8. The van der Waals surface area contributed by atoms with E-state index in [1.165, 1.54) is 11.8 Å². The van der Waals surface area contributed by atoms with Crippen LogP contribution in [0.2, 0.25) is 0 Å². The van der Waals surface area contributed by atoms with Crippen LogP contribution >= 0.6 is 11.8 Å². The van der Waals surface area contributed by atoms with Crippen molar-refractivity contribution in [2.24, 2.45) is 0 Å². The lowest BCUT2D eigenvalue weighted by Gasteiger charge is -2.14.